The van der Waals surface area contributed by atoms with Crippen LogP contribution >= 0.6 is 0 Å². The molecule has 5 atom stereocenters. The molecule has 66 heavy (non-hydrogen) atoms. The van der Waals surface area contributed by atoms with Crippen LogP contribution in [0.3, 0.4) is 0 Å². The van der Waals surface area contributed by atoms with Crippen LogP contribution in [0.5, 0.6) is 0 Å². The topological polar surface area (TPSA) is 158 Å². The highest BCUT2D eigenvalue weighted by Crippen LogP contribution is 2.42. The summed E-state index contributed by atoms with van der Waals surface area (Å²) in [5, 5.41) is 9.31. The summed E-state index contributed by atoms with van der Waals surface area (Å²) in [6.45, 7) is 16.6. The lowest BCUT2D eigenvalue weighted by Crippen LogP contribution is -2.62. The summed E-state index contributed by atoms with van der Waals surface area (Å²) in [6, 6.07) is 16.4. The number of benzene rings is 2. The number of pyridine rings is 1. The van der Waals surface area contributed by atoms with Crippen LogP contribution in [0.15, 0.2) is 73.4 Å². The number of hydrogen-bond acceptors (Lipinski definition) is 9. The summed E-state index contributed by atoms with van der Waals surface area (Å²) in [6.07, 6.45) is 7.56. The second kappa shape index (κ2) is 19.5. The maximum absolute atomic E-state index is 14.7. The molecular formula is C52H66N8O6. The molecule has 6 heterocycles. The third-order valence-corrected chi connectivity index (χ3v) is 14.0. The lowest BCUT2D eigenvalue weighted by molar-refractivity contribution is -0.155. The molecule has 4 aromatic rings. The van der Waals surface area contributed by atoms with Crippen molar-refractivity contribution in [2.24, 2.45) is 17.3 Å². The highest BCUT2D eigenvalue weighted by Gasteiger charge is 2.40. The van der Waals surface area contributed by atoms with Crippen LogP contribution in [0.1, 0.15) is 89.6 Å². The number of nitrogens with one attached hydrogen (secondary N) is 3. The van der Waals surface area contributed by atoms with Crippen molar-refractivity contribution >= 4 is 40.5 Å². The summed E-state index contributed by atoms with van der Waals surface area (Å²) in [5.41, 5.74) is 11.1. The summed E-state index contributed by atoms with van der Waals surface area (Å²) in [5.74, 6) is -2.50. The summed E-state index contributed by atoms with van der Waals surface area (Å²) >= 11 is 0. The Morgan fingerprint density at radius 3 is 2.55 bits per heavy atom. The zero-order valence-electron chi connectivity index (χ0n) is 39.4. The average Bonchev–Trinajstić information content (AvgIpc) is 4.10. The number of ether oxygens (including phenoxy) is 1. The lowest BCUT2D eigenvalue weighted by Gasteiger charge is -2.37. The van der Waals surface area contributed by atoms with E-state index in [1.165, 1.54) is 21.5 Å². The largest absolute Gasteiger partial charge is 0.464 e. The number of aryl methyl sites for hydroxylation is 1. The van der Waals surface area contributed by atoms with Gasteiger partial charge >= 0.3 is 5.97 Å². The van der Waals surface area contributed by atoms with Gasteiger partial charge in [-0.05, 0) is 111 Å². The van der Waals surface area contributed by atoms with Crippen molar-refractivity contribution in [2.45, 2.75) is 110 Å². The molecule has 4 amide bonds. The normalized spacial score (nSPS) is 22.8. The smallest absolute Gasteiger partial charge is 0.324 e. The lowest BCUT2D eigenvalue weighted by atomic mass is 9.84. The fourth-order valence-electron chi connectivity index (χ4n) is 10.6. The van der Waals surface area contributed by atoms with Gasteiger partial charge < -0.3 is 29.7 Å². The molecule has 2 aromatic heterocycles. The molecule has 14 nitrogen and oxygen atoms in total. The van der Waals surface area contributed by atoms with E-state index in [4.69, 9.17) is 9.72 Å². The predicted octanol–water partition coefficient (Wildman–Crippen LogP) is 5.98. The van der Waals surface area contributed by atoms with Crippen LogP contribution in [0, 0.1) is 17.3 Å². The zero-order chi connectivity index (χ0) is 46.9. The third kappa shape index (κ3) is 9.53. The first kappa shape index (κ1) is 46.7. The van der Waals surface area contributed by atoms with Crippen molar-refractivity contribution in [3.8, 4) is 22.4 Å². The Kier molecular flexibility index (Phi) is 13.8. The third-order valence-electron chi connectivity index (χ3n) is 14.0. The molecular weight excluding hydrogens is 833 g/mol. The van der Waals surface area contributed by atoms with Crippen molar-refractivity contribution in [1.29, 1.82) is 0 Å². The van der Waals surface area contributed by atoms with Gasteiger partial charge in [0.15, 0.2) is 0 Å². The van der Waals surface area contributed by atoms with Crippen LogP contribution < -0.4 is 16.1 Å². The summed E-state index contributed by atoms with van der Waals surface area (Å²) in [7, 11) is 1.62. The highest BCUT2D eigenvalue weighted by molar-refractivity contribution is 5.96. The molecule has 350 valence electrons. The first-order valence-electron chi connectivity index (χ1n) is 23.8. The summed E-state index contributed by atoms with van der Waals surface area (Å²) in [4.78, 5) is 77.5. The number of amides is 4. The molecule has 0 saturated carbocycles. The Morgan fingerprint density at radius 1 is 1.02 bits per heavy atom. The van der Waals surface area contributed by atoms with E-state index in [0.29, 0.717) is 38.8 Å². The number of fused-ring (bicyclic) bond motifs is 6. The van der Waals surface area contributed by atoms with E-state index >= 15 is 0 Å². The maximum atomic E-state index is 14.7. The molecule has 4 aliphatic rings. The average molecular weight is 899 g/mol. The minimum absolute atomic E-state index is 0.157. The van der Waals surface area contributed by atoms with E-state index in [1.807, 2.05) is 38.2 Å². The molecule has 0 aliphatic carbocycles. The van der Waals surface area contributed by atoms with Crippen LogP contribution in [-0.4, -0.2) is 112 Å². The number of aromatic nitrogens is 2. The van der Waals surface area contributed by atoms with Crippen LogP contribution in [0.25, 0.3) is 33.3 Å². The quantitative estimate of drug-likeness (QED) is 0.136. The SMILES string of the molecule is C=CC(=O)N1CC[C@H](C(=O)N(C)[C@H](C(=O)N[C@H]2Cc3cccc(c3)-c3ccc4c(c3)c(c(-c3cccnc3[C@H]3CCCN3)n4CC)CC(C)(C)COC(=O)[C@@H]3CCCN(N3)C2=O)C(C)C)C1. The van der Waals surface area contributed by atoms with E-state index < -0.39 is 41.3 Å². The molecule has 3 N–H and O–H groups in total. The van der Waals surface area contributed by atoms with Gasteiger partial charge in [-0.1, -0.05) is 64.6 Å². The van der Waals surface area contributed by atoms with Crippen LogP contribution in [0.4, 0.5) is 0 Å². The fraction of sp³-hybridized carbons (Fsp3) is 0.500. The number of likely N-dealkylation sites (tertiary alicyclic amines) is 1. The Morgan fingerprint density at radius 2 is 1.80 bits per heavy atom. The monoisotopic (exact) mass is 899 g/mol. The van der Waals surface area contributed by atoms with Crippen molar-refractivity contribution < 1.29 is 28.7 Å². The van der Waals surface area contributed by atoms with E-state index in [0.717, 1.165) is 70.5 Å². The second-order valence-electron chi connectivity index (χ2n) is 19.7. The predicted molar refractivity (Wildman–Crippen MR) is 254 cm³/mol. The van der Waals surface area contributed by atoms with E-state index in [1.54, 1.807) is 11.9 Å². The fourth-order valence-corrected chi connectivity index (χ4v) is 10.6. The number of carbonyl (C=O) groups is 5. The molecule has 0 radical (unpaired) electrons. The molecule has 0 unspecified atom stereocenters. The zero-order valence-corrected chi connectivity index (χ0v) is 39.4. The summed E-state index contributed by atoms with van der Waals surface area (Å²) < 4.78 is 8.55. The first-order chi connectivity index (χ1) is 31.7. The number of nitrogens with zero attached hydrogens (tertiary/aromatic N) is 5. The number of hydrazine groups is 1. The van der Waals surface area contributed by atoms with Gasteiger partial charge in [0, 0.05) is 67.7 Å². The van der Waals surface area contributed by atoms with Gasteiger partial charge in [0.2, 0.25) is 17.7 Å². The van der Waals surface area contributed by atoms with Gasteiger partial charge in [-0.3, -0.25) is 34.0 Å². The van der Waals surface area contributed by atoms with Crippen molar-refractivity contribution in [1.82, 2.24) is 40.4 Å². The van der Waals surface area contributed by atoms with Crippen molar-refractivity contribution in [3.63, 3.8) is 0 Å². The van der Waals surface area contributed by atoms with Gasteiger partial charge in [-0.25, -0.2) is 5.43 Å². The highest BCUT2D eigenvalue weighted by atomic mass is 16.5. The number of esters is 1. The van der Waals surface area contributed by atoms with Crippen LogP contribution in [-0.2, 0) is 48.1 Å². The van der Waals surface area contributed by atoms with E-state index in [9.17, 15) is 24.0 Å². The molecule has 6 bridgehead atoms. The molecule has 3 saturated heterocycles. The number of likely N-dealkylation sites (N-methyl/N-ethyl adjacent to an activating group) is 1. The van der Waals surface area contributed by atoms with Crippen molar-refractivity contribution in [3.05, 3.63) is 90.3 Å². The second-order valence-corrected chi connectivity index (χ2v) is 19.7. The Hall–Kier alpha value is -5.86. The number of cyclic esters (lactones) is 1. The number of hydrogen-bond donors (Lipinski definition) is 3. The van der Waals surface area contributed by atoms with Gasteiger partial charge in [0.05, 0.1) is 30.0 Å². The van der Waals surface area contributed by atoms with E-state index in [2.05, 4.69) is 84.4 Å². The molecule has 4 aliphatic heterocycles. The Bertz CT molecular complexity index is 2510. The van der Waals surface area contributed by atoms with E-state index in [-0.39, 0.29) is 49.3 Å². The van der Waals surface area contributed by atoms with Gasteiger partial charge in [-0.15, -0.1) is 0 Å². The molecule has 8 rings (SSSR count). The maximum Gasteiger partial charge on any atom is 0.324 e. The standard InChI is InChI=1S/C52H66N8O6/c1-8-44(61)58-25-21-36(30-58)49(63)57(7)46(32(3)4)48(62)55-42-27-33-14-10-15-34(26-33)35-19-20-43-38(28-35)39(29-52(5,6)31-66-51(65)41-18-13-24-60(56-41)50(42)64)47(59(43)9-2)37-16-11-23-54-45(37)40-17-12-22-53-40/h8,10-11,14-16,19-20,23,26,28,32,36,40-42,46,53,56H,1,9,12-13,17-18,21-22,24-25,27,29-31H2,2-7H3,(H,55,62)/t36-,40+,41-,42-,46-/m0/s1. The minimum Gasteiger partial charge on any atom is -0.464 e. The van der Waals surface area contributed by atoms with Gasteiger partial charge in [0.1, 0.15) is 18.1 Å². The number of carbonyl (C=O) groups excluding carboxylic acids is 5. The molecule has 2 aromatic carbocycles. The van der Waals surface area contributed by atoms with Gasteiger partial charge in [0.25, 0.3) is 5.91 Å². The van der Waals surface area contributed by atoms with Gasteiger partial charge in [-0.2, -0.15) is 0 Å². The van der Waals surface area contributed by atoms with Crippen LogP contribution in [0.2, 0.25) is 0 Å². The Balaban J connectivity index is 1.18. The molecule has 0 spiro atoms. The molecule has 3 fully saturated rings. The van der Waals surface area contributed by atoms with Crippen molar-refractivity contribution in [2.75, 3.05) is 39.8 Å². The minimum atomic E-state index is -1.04. The molecule has 14 heteroatoms. The number of rotatable bonds is 9. The Labute approximate surface area is 388 Å². The first-order valence-corrected chi connectivity index (χ1v) is 23.8.